The Hall–Kier alpha value is -2.19. The van der Waals surface area contributed by atoms with E-state index in [0.717, 1.165) is 0 Å². The lowest BCUT2D eigenvalue weighted by Gasteiger charge is -2.41. The third-order valence-electron chi connectivity index (χ3n) is 4.55. The number of piperidine rings is 1. The molecule has 2 amide bonds. The molecule has 3 heterocycles. The van der Waals surface area contributed by atoms with E-state index in [1.807, 2.05) is 0 Å². The highest BCUT2D eigenvalue weighted by molar-refractivity contribution is 5.92. The average Bonchev–Trinajstić information content (AvgIpc) is 3.02. The summed E-state index contributed by atoms with van der Waals surface area (Å²) in [6.07, 6.45) is -6.74. The molecule has 10 N–H and O–H groups in total. The van der Waals surface area contributed by atoms with Gasteiger partial charge in [0.25, 0.3) is 0 Å². The number of nitrogens with two attached hydrogens (primary N) is 2. The van der Waals surface area contributed by atoms with E-state index in [2.05, 4.69) is 25.7 Å². The van der Waals surface area contributed by atoms with E-state index >= 15 is 0 Å². The summed E-state index contributed by atoms with van der Waals surface area (Å²) in [4.78, 5) is 26.7. The van der Waals surface area contributed by atoms with Gasteiger partial charge in [-0.05, 0) is 0 Å². The van der Waals surface area contributed by atoms with Crippen LogP contribution >= 0.6 is 0 Å². The molecule has 0 spiro atoms. The number of rotatable bonds is 3. The number of guanidine groups is 1. The van der Waals surface area contributed by atoms with Crippen molar-refractivity contribution in [3.8, 4) is 0 Å². The highest BCUT2D eigenvalue weighted by atomic mass is 16.6. The molecule has 0 radical (unpaired) electrons. The number of aliphatic imine (C=N–C) groups is 1. The summed E-state index contributed by atoms with van der Waals surface area (Å²) in [5.74, 6) is -0.184. The third-order valence-corrected chi connectivity index (χ3v) is 4.55. The van der Waals surface area contributed by atoms with Crippen molar-refractivity contribution in [1.29, 1.82) is 0 Å². The number of carbonyl (C=O) groups excluding carboxylic acids is 2. The topological polar surface area (TPSA) is 214 Å². The Balaban J connectivity index is 1.67. The van der Waals surface area contributed by atoms with Crippen molar-refractivity contribution in [2.24, 2.45) is 16.5 Å². The molecule has 13 nitrogen and oxygen atoms in total. The number of aliphatic hydroxyl groups is 3. The number of hydrogen-bond donors (Lipinski definition) is 8. The minimum absolute atomic E-state index is 0.104. The predicted molar refractivity (Wildman–Crippen MR) is 84.5 cm³/mol. The van der Waals surface area contributed by atoms with E-state index in [1.54, 1.807) is 0 Å². The van der Waals surface area contributed by atoms with Crippen LogP contribution < -0.4 is 27.4 Å². The second kappa shape index (κ2) is 7.20. The first-order valence-electron chi connectivity index (χ1n) is 8.04. The van der Waals surface area contributed by atoms with E-state index in [0.29, 0.717) is 0 Å². The van der Waals surface area contributed by atoms with E-state index in [1.165, 1.54) is 0 Å². The van der Waals surface area contributed by atoms with Crippen molar-refractivity contribution >= 4 is 18.0 Å². The standard InChI is InChI=1S/C13H22N6O7/c14-5-9(22)8(21)4(2-25-12(15)24)26-11(5)19-13-17-6-3(20)1-16-10(23)7(6)18-13/h3-9,11,20-22H,1-2,14H2,(H2,15,24)(H,16,23)(H2,17,18,19)/t3-,4-,5-,6-,7+,8+,9+,11-/m1/s1. The van der Waals surface area contributed by atoms with Gasteiger partial charge in [0, 0.05) is 6.54 Å². The molecule has 2 fully saturated rings. The molecule has 3 aliphatic heterocycles. The Morgan fingerprint density at radius 1 is 1.38 bits per heavy atom. The molecule has 0 aromatic carbocycles. The molecule has 3 aliphatic rings. The van der Waals surface area contributed by atoms with Crippen molar-refractivity contribution in [1.82, 2.24) is 16.0 Å². The van der Waals surface area contributed by atoms with Gasteiger partial charge in [0.15, 0.2) is 12.0 Å². The van der Waals surface area contributed by atoms with Crippen LogP contribution in [0, 0.1) is 0 Å². The Labute approximate surface area is 147 Å². The number of primary amides is 1. The molecule has 13 heteroatoms. The molecular weight excluding hydrogens is 352 g/mol. The lowest BCUT2D eigenvalue weighted by molar-refractivity contribution is -0.192. The van der Waals surface area contributed by atoms with Gasteiger partial charge in [0.2, 0.25) is 5.91 Å². The maximum atomic E-state index is 11.8. The number of amides is 2. The fourth-order valence-electron chi connectivity index (χ4n) is 3.09. The van der Waals surface area contributed by atoms with Gasteiger partial charge in [-0.1, -0.05) is 0 Å². The molecule has 8 atom stereocenters. The fourth-order valence-corrected chi connectivity index (χ4v) is 3.09. The van der Waals surface area contributed by atoms with Crippen molar-refractivity contribution in [3.63, 3.8) is 0 Å². The van der Waals surface area contributed by atoms with Crippen molar-refractivity contribution in [3.05, 3.63) is 0 Å². The predicted octanol–water partition coefficient (Wildman–Crippen LogP) is -5.37. The molecule has 146 valence electrons. The third kappa shape index (κ3) is 3.52. The van der Waals surface area contributed by atoms with Crippen LogP contribution in [0.25, 0.3) is 0 Å². The molecule has 0 aromatic heterocycles. The minimum Gasteiger partial charge on any atom is -0.447 e. The number of hydrogen-bond acceptors (Lipinski definition) is 11. The fraction of sp³-hybridized carbons (Fsp3) is 0.769. The van der Waals surface area contributed by atoms with Crippen LogP contribution in [0.5, 0.6) is 0 Å². The molecule has 0 unspecified atom stereocenters. The Kier molecular flexibility index (Phi) is 5.15. The molecule has 0 aromatic rings. The SMILES string of the molecule is NC(=O)OC[C@H]1O[C@@H](NC2=N[C@@H]3C(=O)NC[C@@H](O)[C@H]3N2)[C@H](N)[C@H](O)[C@H]1O. The Morgan fingerprint density at radius 3 is 2.77 bits per heavy atom. The number of fused-ring (bicyclic) bond motifs is 1. The van der Waals surface area contributed by atoms with Gasteiger partial charge >= 0.3 is 6.09 Å². The smallest absolute Gasteiger partial charge is 0.404 e. The second-order valence-corrected chi connectivity index (χ2v) is 6.33. The summed E-state index contributed by atoms with van der Waals surface area (Å²) in [6.45, 7) is -0.280. The number of nitrogens with one attached hydrogen (secondary N) is 3. The first-order valence-corrected chi connectivity index (χ1v) is 8.04. The van der Waals surface area contributed by atoms with Crippen LogP contribution in [-0.4, -0.2) is 95.2 Å². The summed E-state index contributed by atoms with van der Waals surface area (Å²) in [5, 5.41) is 38.2. The first kappa shape index (κ1) is 18.6. The van der Waals surface area contributed by atoms with Crippen LogP contribution in [0.15, 0.2) is 4.99 Å². The lowest BCUT2D eigenvalue weighted by atomic mass is 9.97. The van der Waals surface area contributed by atoms with E-state index < -0.39 is 54.9 Å². The van der Waals surface area contributed by atoms with Gasteiger partial charge in [0.1, 0.15) is 31.1 Å². The van der Waals surface area contributed by atoms with E-state index in [-0.39, 0.29) is 25.0 Å². The van der Waals surface area contributed by atoms with Crippen LogP contribution in [0.1, 0.15) is 0 Å². The zero-order valence-corrected chi connectivity index (χ0v) is 13.6. The summed E-state index contributed by atoms with van der Waals surface area (Å²) < 4.78 is 10.1. The summed E-state index contributed by atoms with van der Waals surface area (Å²) in [7, 11) is 0. The van der Waals surface area contributed by atoms with Gasteiger partial charge in [-0.15, -0.1) is 0 Å². The number of carbonyl (C=O) groups is 2. The summed E-state index contributed by atoms with van der Waals surface area (Å²) in [6, 6.07) is -2.46. The molecule has 0 aliphatic carbocycles. The monoisotopic (exact) mass is 374 g/mol. The van der Waals surface area contributed by atoms with Gasteiger partial charge < -0.3 is 52.2 Å². The highest BCUT2D eigenvalue weighted by Crippen LogP contribution is 2.20. The number of aliphatic hydroxyl groups excluding tert-OH is 3. The minimum atomic E-state index is -1.39. The van der Waals surface area contributed by atoms with Gasteiger partial charge in [-0.25, -0.2) is 9.79 Å². The van der Waals surface area contributed by atoms with Gasteiger partial charge in [0.05, 0.1) is 18.2 Å². The molecule has 3 rings (SSSR count). The first-order chi connectivity index (χ1) is 12.3. The zero-order valence-electron chi connectivity index (χ0n) is 13.6. The van der Waals surface area contributed by atoms with Gasteiger partial charge in [-0.3, -0.25) is 4.79 Å². The maximum Gasteiger partial charge on any atom is 0.404 e. The highest BCUT2D eigenvalue weighted by Gasteiger charge is 2.46. The zero-order chi connectivity index (χ0) is 19.0. The second-order valence-electron chi connectivity index (χ2n) is 6.33. The lowest BCUT2D eigenvalue weighted by Crippen LogP contribution is -2.67. The van der Waals surface area contributed by atoms with Crippen LogP contribution in [0.3, 0.4) is 0 Å². The largest absolute Gasteiger partial charge is 0.447 e. The van der Waals surface area contributed by atoms with Crippen LogP contribution in [0.4, 0.5) is 4.79 Å². The molecule has 0 saturated carbocycles. The molecule has 26 heavy (non-hydrogen) atoms. The number of ether oxygens (including phenoxy) is 2. The van der Waals surface area contributed by atoms with Crippen LogP contribution in [-0.2, 0) is 14.3 Å². The molecule has 2 saturated heterocycles. The normalized spacial score (nSPS) is 42.2. The van der Waals surface area contributed by atoms with Crippen molar-refractivity contribution in [2.75, 3.05) is 13.2 Å². The summed E-state index contributed by atoms with van der Waals surface area (Å²) in [5.41, 5.74) is 10.8. The Morgan fingerprint density at radius 2 is 2.12 bits per heavy atom. The quantitative estimate of drug-likeness (QED) is 0.235. The number of nitrogens with zero attached hydrogens (tertiary/aromatic N) is 1. The molecular formula is C13H22N6O7. The molecule has 0 bridgehead atoms. The van der Waals surface area contributed by atoms with Gasteiger partial charge in [-0.2, -0.15) is 0 Å². The van der Waals surface area contributed by atoms with E-state index in [9.17, 15) is 24.9 Å². The average molecular weight is 374 g/mol. The number of β-amino-alcohol motifs (C(OH)–C–C–N with tert-alkyl or cyclic N) is 1. The van der Waals surface area contributed by atoms with Crippen molar-refractivity contribution < 1.29 is 34.4 Å². The van der Waals surface area contributed by atoms with Crippen molar-refractivity contribution in [2.45, 2.75) is 48.8 Å². The van der Waals surface area contributed by atoms with E-state index in [4.69, 9.17) is 16.2 Å². The Bertz CT molecular complexity index is 604. The van der Waals surface area contributed by atoms with Crippen LogP contribution in [0.2, 0.25) is 0 Å². The summed E-state index contributed by atoms with van der Waals surface area (Å²) >= 11 is 0. The maximum absolute atomic E-state index is 11.8.